The van der Waals surface area contributed by atoms with Crippen molar-refractivity contribution in [3.8, 4) is 0 Å². The number of piperidine rings is 3. The van der Waals surface area contributed by atoms with E-state index in [0.29, 0.717) is 21.7 Å². The molecule has 0 aromatic carbocycles. The maximum Gasteiger partial charge on any atom is 0.00953 e. The Morgan fingerprint density at radius 3 is 1.88 bits per heavy atom. The van der Waals surface area contributed by atoms with Gasteiger partial charge in [-0.25, -0.2) is 0 Å². The van der Waals surface area contributed by atoms with Crippen molar-refractivity contribution in [1.29, 1.82) is 0 Å². The first-order valence-corrected chi connectivity index (χ1v) is 23.0. The summed E-state index contributed by atoms with van der Waals surface area (Å²) in [6, 6.07) is 4.46. The Morgan fingerprint density at radius 2 is 1.23 bits per heavy atom. The molecule has 7 saturated heterocycles. The molecular weight excluding hydrogens is 635 g/mol. The van der Waals surface area contributed by atoms with E-state index in [0.717, 1.165) is 59.8 Å². The molecule has 5 aliphatic carbocycles. The van der Waals surface area contributed by atoms with Gasteiger partial charge in [-0.1, -0.05) is 68.2 Å². The third kappa shape index (κ3) is 10.2. The molecule has 0 aromatic heterocycles. The summed E-state index contributed by atoms with van der Waals surface area (Å²) < 4.78 is 0. The third-order valence-electron chi connectivity index (χ3n) is 17.2. The van der Waals surface area contributed by atoms with Gasteiger partial charge in [0.25, 0.3) is 0 Å². The zero-order chi connectivity index (χ0) is 35.7. The van der Waals surface area contributed by atoms with E-state index in [9.17, 15) is 0 Å². The number of hydrogen-bond acceptors (Lipinski definition) is 5. The fourth-order valence-electron chi connectivity index (χ4n) is 14.3. The van der Waals surface area contributed by atoms with Crippen LogP contribution in [0.15, 0.2) is 0 Å². The SMILES string of the molecule is C.C1CC2CCC(C1)N2.C1CCC2NCCCC2C1.C1NC2CC3CC1CC(C3)C2.CC1(C)CC2CC(C)(CN2)C1.CC12CCC(CNC1)C2(C)C. The van der Waals surface area contributed by atoms with Gasteiger partial charge in [0.2, 0.25) is 0 Å². The lowest BCUT2D eigenvalue weighted by molar-refractivity contribution is 0.0546. The summed E-state index contributed by atoms with van der Waals surface area (Å²) in [5.74, 6) is 5.23. The van der Waals surface area contributed by atoms with Crippen molar-refractivity contribution in [3.05, 3.63) is 0 Å². The summed E-state index contributed by atoms with van der Waals surface area (Å²) in [5, 5.41) is 18.1. The molecule has 10 atom stereocenters. The molecule has 5 N–H and O–H groups in total. The lowest BCUT2D eigenvalue weighted by Gasteiger charge is -2.46. The quantitative estimate of drug-likeness (QED) is 0.172. The predicted molar refractivity (Wildman–Crippen MR) is 224 cm³/mol. The second-order valence-electron chi connectivity index (χ2n) is 22.5. The van der Waals surface area contributed by atoms with Gasteiger partial charge in [0.15, 0.2) is 0 Å². The van der Waals surface area contributed by atoms with E-state index in [2.05, 4.69) is 68.1 Å². The molecule has 10 unspecified atom stereocenters. The van der Waals surface area contributed by atoms with Crippen LogP contribution in [0.5, 0.6) is 0 Å². The molecule has 0 radical (unpaired) electrons. The molecule has 12 rings (SSSR count). The Kier molecular flexibility index (Phi) is 14.0. The van der Waals surface area contributed by atoms with E-state index < -0.39 is 0 Å². The number of nitrogens with one attached hydrogen (secondary N) is 5. The molecule has 302 valence electrons. The third-order valence-corrected chi connectivity index (χ3v) is 17.2. The van der Waals surface area contributed by atoms with Gasteiger partial charge >= 0.3 is 0 Å². The Balaban J connectivity index is 0.000000111. The van der Waals surface area contributed by atoms with Gasteiger partial charge in [-0.3, -0.25) is 0 Å². The predicted octanol–water partition coefficient (Wildman–Crippen LogP) is 9.85. The molecule has 0 aromatic rings. The second-order valence-corrected chi connectivity index (χ2v) is 22.5. The summed E-state index contributed by atoms with van der Waals surface area (Å²) in [4.78, 5) is 0. The molecular formula is C47H89N5. The van der Waals surface area contributed by atoms with Crippen LogP contribution < -0.4 is 26.6 Å². The average Bonchev–Trinajstić information content (AvgIpc) is 3.47. The zero-order valence-electron chi connectivity index (χ0n) is 34.7. The molecule has 0 spiro atoms. The molecule has 5 nitrogen and oxygen atoms in total. The summed E-state index contributed by atoms with van der Waals surface area (Å²) in [6.07, 6.45) is 30.8. The molecule has 52 heavy (non-hydrogen) atoms. The number of hydrogen-bond donors (Lipinski definition) is 5. The minimum absolute atomic E-state index is 0. The van der Waals surface area contributed by atoms with E-state index in [1.165, 1.54) is 148 Å². The first kappa shape index (κ1) is 41.4. The molecule has 5 heteroatoms. The van der Waals surface area contributed by atoms with Gasteiger partial charge in [-0.15, -0.1) is 0 Å². The lowest BCUT2D eigenvalue weighted by atomic mass is 9.64. The highest BCUT2D eigenvalue weighted by Crippen LogP contribution is 2.57. The molecule has 12 aliphatic rings. The molecule has 5 saturated carbocycles. The van der Waals surface area contributed by atoms with Crippen LogP contribution in [0.25, 0.3) is 0 Å². The molecule has 12 fully saturated rings. The highest BCUT2D eigenvalue weighted by Gasteiger charge is 2.53. The standard InChI is InChI=1S/C10H17N.2C10H19N.C9H17N.C7H13N.CH4/c1-7-2-9-3-8(1)5-10(4-7)11-6-9;1-9(2)4-8-5-10(3,6-9)7-11-8;1-9(2)8-4-5-10(9,3)7-11-6-8;1-2-6-9-8(4-1)5-3-7-10-9;1-2-6-4-5-7(3-1)8-6;/h7-11H,1-6H2;2*8,11H,4-7H2,1-3H3;8-10H,1-7H2;6-8H,1-5H2;1H4. The first-order valence-electron chi connectivity index (χ1n) is 23.0. The monoisotopic (exact) mass is 724 g/mol. The summed E-state index contributed by atoms with van der Waals surface area (Å²) in [5.41, 5.74) is 2.36. The van der Waals surface area contributed by atoms with Crippen LogP contribution in [0, 0.1) is 51.2 Å². The Bertz CT molecular complexity index is 1020. The van der Waals surface area contributed by atoms with E-state index in [1.807, 2.05) is 0 Å². The van der Waals surface area contributed by atoms with E-state index in [1.54, 1.807) is 19.3 Å². The van der Waals surface area contributed by atoms with Crippen LogP contribution in [0.1, 0.15) is 184 Å². The Hall–Kier alpha value is -0.200. The van der Waals surface area contributed by atoms with Crippen molar-refractivity contribution in [2.75, 3.05) is 32.7 Å². The maximum absolute atomic E-state index is 3.70. The zero-order valence-corrected chi connectivity index (χ0v) is 34.7. The van der Waals surface area contributed by atoms with Crippen LogP contribution in [0.3, 0.4) is 0 Å². The summed E-state index contributed by atoms with van der Waals surface area (Å²) >= 11 is 0. The second kappa shape index (κ2) is 17.5. The number of rotatable bonds is 0. The molecule has 7 heterocycles. The molecule has 10 bridgehead atoms. The minimum Gasteiger partial charge on any atom is -0.316 e. The van der Waals surface area contributed by atoms with Gasteiger partial charge in [-0.05, 0) is 186 Å². The van der Waals surface area contributed by atoms with Crippen molar-refractivity contribution in [2.24, 2.45) is 51.2 Å². The highest BCUT2D eigenvalue weighted by molar-refractivity contribution is 5.05. The fraction of sp³-hybridized carbons (Fsp3) is 1.00. The molecule has 7 aliphatic heterocycles. The van der Waals surface area contributed by atoms with Gasteiger partial charge in [0.05, 0.1) is 0 Å². The van der Waals surface area contributed by atoms with Crippen LogP contribution >= 0.6 is 0 Å². The van der Waals surface area contributed by atoms with Gasteiger partial charge in [-0.2, -0.15) is 0 Å². The van der Waals surface area contributed by atoms with Crippen molar-refractivity contribution >= 4 is 0 Å². The van der Waals surface area contributed by atoms with Crippen LogP contribution in [0.2, 0.25) is 0 Å². The van der Waals surface area contributed by atoms with E-state index >= 15 is 0 Å². The highest BCUT2D eigenvalue weighted by atomic mass is 15.0. The van der Waals surface area contributed by atoms with E-state index in [-0.39, 0.29) is 7.43 Å². The fourth-order valence-corrected chi connectivity index (χ4v) is 14.3. The number of fused-ring (bicyclic) bond motifs is 8. The first-order chi connectivity index (χ1) is 24.4. The minimum atomic E-state index is 0. The summed E-state index contributed by atoms with van der Waals surface area (Å²) in [7, 11) is 0. The Labute approximate surface area is 323 Å². The van der Waals surface area contributed by atoms with Gasteiger partial charge in [0, 0.05) is 43.3 Å². The maximum atomic E-state index is 3.70. The topological polar surface area (TPSA) is 60.1 Å². The Morgan fingerprint density at radius 1 is 0.538 bits per heavy atom. The molecule has 0 amide bonds. The lowest BCUT2D eigenvalue weighted by Crippen LogP contribution is -2.49. The van der Waals surface area contributed by atoms with Crippen LogP contribution in [-0.4, -0.2) is 62.9 Å². The van der Waals surface area contributed by atoms with Crippen molar-refractivity contribution < 1.29 is 0 Å². The van der Waals surface area contributed by atoms with Crippen LogP contribution in [-0.2, 0) is 0 Å². The summed E-state index contributed by atoms with van der Waals surface area (Å²) in [6.45, 7) is 20.9. The van der Waals surface area contributed by atoms with Gasteiger partial charge in [0.1, 0.15) is 0 Å². The average molecular weight is 724 g/mol. The van der Waals surface area contributed by atoms with E-state index in [4.69, 9.17) is 0 Å². The van der Waals surface area contributed by atoms with Crippen LogP contribution in [0.4, 0.5) is 0 Å². The largest absolute Gasteiger partial charge is 0.316 e. The van der Waals surface area contributed by atoms with Gasteiger partial charge < -0.3 is 26.6 Å². The van der Waals surface area contributed by atoms with Crippen molar-refractivity contribution in [2.45, 2.75) is 214 Å². The van der Waals surface area contributed by atoms with Crippen molar-refractivity contribution in [1.82, 2.24) is 26.6 Å². The smallest absolute Gasteiger partial charge is 0.00953 e. The normalized spacial score (nSPS) is 46.5. The van der Waals surface area contributed by atoms with Crippen molar-refractivity contribution in [3.63, 3.8) is 0 Å².